The molecule has 0 saturated heterocycles. The fourth-order valence-corrected chi connectivity index (χ4v) is 4.32. The fourth-order valence-electron chi connectivity index (χ4n) is 3.46. The number of carbonyl (C=O) groups is 1. The molecule has 0 bridgehead atoms. The van der Waals surface area contributed by atoms with Gasteiger partial charge in [-0.05, 0) is 56.4 Å². The number of anilines is 2. The van der Waals surface area contributed by atoms with E-state index in [9.17, 15) is 9.90 Å². The topological polar surface area (TPSA) is 98.0 Å². The number of carbonyl (C=O) groups excluding carboxylic acids is 1. The van der Waals surface area contributed by atoms with E-state index in [0.717, 1.165) is 48.0 Å². The second kappa shape index (κ2) is 8.47. The summed E-state index contributed by atoms with van der Waals surface area (Å²) in [6.45, 7) is 1.45. The summed E-state index contributed by atoms with van der Waals surface area (Å²) in [6, 6.07) is 4.53. The number of fused-ring (bicyclic) bond motifs is 1. The zero-order valence-electron chi connectivity index (χ0n) is 14.9. The van der Waals surface area contributed by atoms with Gasteiger partial charge in [-0.2, -0.15) is 5.26 Å². The van der Waals surface area contributed by atoms with Gasteiger partial charge < -0.3 is 15.7 Å². The molecule has 3 N–H and O–H groups in total. The molecule has 2 heterocycles. The molecule has 0 aliphatic heterocycles. The lowest BCUT2D eigenvalue weighted by Crippen LogP contribution is -2.28. The predicted octanol–water partition coefficient (Wildman–Crippen LogP) is 3.89. The summed E-state index contributed by atoms with van der Waals surface area (Å²) in [5.41, 5.74) is 2.40. The molecule has 3 rings (SSSR count). The van der Waals surface area contributed by atoms with Crippen LogP contribution in [0, 0.1) is 17.2 Å². The Hall–Kier alpha value is -2.17. The number of rotatable bonds is 6. The molecule has 138 valence electrons. The first-order valence-corrected chi connectivity index (χ1v) is 9.95. The molecular weight excluding hydrogens is 348 g/mol. The third kappa shape index (κ3) is 4.32. The smallest absolute Gasteiger partial charge is 0.253 e. The number of pyridine rings is 1. The van der Waals surface area contributed by atoms with Crippen molar-refractivity contribution in [1.29, 1.82) is 5.26 Å². The molecule has 2 aromatic heterocycles. The van der Waals surface area contributed by atoms with Gasteiger partial charge in [-0.3, -0.25) is 9.78 Å². The van der Waals surface area contributed by atoms with Crippen molar-refractivity contribution in [2.24, 2.45) is 5.92 Å². The molecule has 1 saturated carbocycles. The van der Waals surface area contributed by atoms with Gasteiger partial charge in [-0.15, -0.1) is 11.3 Å². The van der Waals surface area contributed by atoms with Crippen LogP contribution in [0.3, 0.4) is 0 Å². The number of hydrogen-bond acceptors (Lipinski definition) is 6. The van der Waals surface area contributed by atoms with Crippen molar-refractivity contribution >= 4 is 38.8 Å². The minimum atomic E-state index is -1.07. The van der Waals surface area contributed by atoms with Crippen LogP contribution in [-0.2, 0) is 4.79 Å². The normalized spacial score (nSPS) is 21.1. The fraction of sp³-hybridized carbons (Fsp3) is 0.526. The predicted molar refractivity (Wildman–Crippen MR) is 104 cm³/mol. The minimum Gasteiger partial charge on any atom is -0.384 e. The van der Waals surface area contributed by atoms with Crippen molar-refractivity contribution in [3.05, 3.63) is 17.6 Å². The average Bonchev–Trinajstić information content (AvgIpc) is 3.12. The molecule has 0 aromatic carbocycles. The standard InChI is InChI=1S/C19H24N4O2S/c1-12(24)19(25)23-16-11-21-15-8-10-26-18(15)17(16)22-14-6-4-13(5-7-14)3-2-9-20/h8,10-14,24H,2-7H2,1H3,(H,21,22)(H,23,25)/t12-,13?,14?/m1/s1. The van der Waals surface area contributed by atoms with E-state index in [1.165, 1.54) is 6.92 Å². The van der Waals surface area contributed by atoms with Crippen molar-refractivity contribution in [2.75, 3.05) is 10.6 Å². The van der Waals surface area contributed by atoms with Gasteiger partial charge in [0.2, 0.25) is 0 Å². The summed E-state index contributed by atoms with van der Waals surface area (Å²) in [4.78, 5) is 16.3. The Morgan fingerprint density at radius 3 is 2.92 bits per heavy atom. The zero-order valence-corrected chi connectivity index (χ0v) is 15.7. The monoisotopic (exact) mass is 372 g/mol. The van der Waals surface area contributed by atoms with Crippen LogP contribution in [0.15, 0.2) is 17.6 Å². The van der Waals surface area contributed by atoms with Crippen LogP contribution < -0.4 is 10.6 Å². The number of thiophene rings is 1. The van der Waals surface area contributed by atoms with Crippen molar-refractivity contribution in [2.45, 2.75) is 57.6 Å². The highest BCUT2D eigenvalue weighted by Gasteiger charge is 2.23. The first kappa shape index (κ1) is 18.6. The molecule has 1 fully saturated rings. The molecule has 0 radical (unpaired) electrons. The number of aliphatic hydroxyl groups is 1. The van der Waals surface area contributed by atoms with Crippen LogP contribution in [0.1, 0.15) is 45.4 Å². The van der Waals surface area contributed by atoms with Crippen LogP contribution >= 0.6 is 11.3 Å². The second-order valence-corrected chi connectivity index (χ2v) is 7.82. The van der Waals surface area contributed by atoms with Gasteiger partial charge in [0.15, 0.2) is 0 Å². The van der Waals surface area contributed by atoms with Crippen molar-refractivity contribution in [3.63, 3.8) is 0 Å². The number of nitrogens with one attached hydrogen (secondary N) is 2. The number of nitriles is 1. The van der Waals surface area contributed by atoms with Crippen molar-refractivity contribution in [1.82, 2.24) is 4.98 Å². The highest BCUT2D eigenvalue weighted by molar-refractivity contribution is 7.17. The molecule has 0 unspecified atom stereocenters. The van der Waals surface area contributed by atoms with E-state index in [0.29, 0.717) is 24.1 Å². The molecule has 1 aliphatic rings. The maximum atomic E-state index is 11.9. The van der Waals surface area contributed by atoms with E-state index in [1.54, 1.807) is 17.5 Å². The van der Waals surface area contributed by atoms with Gasteiger partial charge >= 0.3 is 0 Å². The van der Waals surface area contributed by atoms with Crippen LogP contribution in [0.4, 0.5) is 11.4 Å². The van der Waals surface area contributed by atoms with Gasteiger partial charge in [-0.1, -0.05) is 0 Å². The third-order valence-electron chi connectivity index (χ3n) is 4.97. The van der Waals surface area contributed by atoms with E-state index in [4.69, 9.17) is 5.26 Å². The Balaban J connectivity index is 1.75. The van der Waals surface area contributed by atoms with E-state index < -0.39 is 12.0 Å². The van der Waals surface area contributed by atoms with Gasteiger partial charge in [0.05, 0.1) is 33.9 Å². The van der Waals surface area contributed by atoms with Crippen LogP contribution in [0.2, 0.25) is 0 Å². The Bertz CT molecular complexity index is 803. The number of amides is 1. The summed E-state index contributed by atoms with van der Waals surface area (Å²) in [7, 11) is 0. The SMILES string of the molecule is C[C@@H](O)C(=O)Nc1cnc2ccsc2c1NC1CCC(CCC#N)CC1. The molecule has 2 aromatic rings. The first-order valence-electron chi connectivity index (χ1n) is 9.07. The lowest BCUT2D eigenvalue weighted by atomic mass is 9.83. The molecular formula is C19H24N4O2S. The summed E-state index contributed by atoms with van der Waals surface area (Å²) in [6.07, 6.45) is 6.54. The second-order valence-electron chi connectivity index (χ2n) is 6.91. The van der Waals surface area contributed by atoms with Gasteiger partial charge in [-0.25, -0.2) is 0 Å². The summed E-state index contributed by atoms with van der Waals surface area (Å²) in [5, 5.41) is 26.6. The summed E-state index contributed by atoms with van der Waals surface area (Å²) >= 11 is 1.59. The van der Waals surface area contributed by atoms with Crippen LogP contribution in [-0.4, -0.2) is 28.1 Å². The minimum absolute atomic E-state index is 0.336. The highest BCUT2D eigenvalue weighted by Crippen LogP contribution is 2.37. The third-order valence-corrected chi connectivity index (χ3v) is 5.89. The van der Waals surface area contributed by atoms with E-state index >= 15 is 0 Å². The lowest BCUT2D eigenvalue weighted by Gasteiger charge is -2.30. The zero-order chi connectivity index (χ0) is 18.5. The quantitative estimate of drug-likeness (QED) is 0.714. The Labute approximate surface area is 157 Å². The molecule has 0 spiro atoms. The summed E-state index contributed by atoms with van der Waals surface area (Å²) < 4.78 is 1.01. The van der Waals surface area contributed by atoms with Crippen molar-refractivity contribution < 1.29 is 9.90 Å². The number of aromatic nitrogens is 1. The lowest BCUT2D eigenvalue weighted by molar-refractivity contribution is -0.123. The molecule has 26 heavy (non-hydrogen) atoms. The molecule has 1 amide bonds. The summed E-state index contributed by atoms with van der Waals surface area (Å²) in [5.74, 6) is 0.201. The number of hydrogen-bond donors (Lipinski definition) is 3. The van der Waals surface area contributed by atoms with E-state index in [1.807, 2.05) is 11.4 Å². The van der Waals surface area contributed by atoms with Crippen molar-refractivity contribution in [3.8, 4) is 6.07 Å². The number of nitrogens with zero attached hydrogens (tertiary/aromatic N) is 2. The molecule has 7 heteroatoms. The van der Waals surface area contributed by atoms with Gasteiger partial charge in [0.1, 0.15) is 6.10 Å². The largest absolute Gasteiger partial charge is 0.384 e. The van der Waals surface area contributed by atoms with Crippen LogP contribution in [0.5, 0.6) is 0 Å². The molecule has 6 nitrogen and oxygen atoms in total. The maximum Gasteiger partial charge on any atom is 0.253 e. The van der Waals surface area contributed by atoms with Gasteiger partial charge in [0, 0.05) is 12.5 Å². The number of aliphatic hydroxyl groups excluding tert-OH is 1. The van der Waals surface area contributed by atoms with Gasteiger partial charge in [0.25, 0.3) is 5.91 Å². The molecule has 1 atom stereocenters. The Morgan fingerprint density at radius 1 is 1.46 bits per heavy atom. The van der Waals surface area contributed by atoms with Crippen LogP contribution in [0.25, 0.3) is 10.2 Å². The average molecular weight is 372 g/mol. The first-order chi connectivity index (χ1) is 12.6. The Morgan fingerprint density at radius 2 is 2.23 bits per heavy atom. The maximum absolute atomic E-state index is 11.9. The Kier molecular flexibility index (Phi) is 6.07. The van der Waals surface area contributed by atoms with E-state index in [-0.39, 0.29) is 0 Å². The highest BCUT2D eigenvalue weighted by atomic mass is 32.1. The molecule has 1 aliphatic carbocycles. The van der Waals surface area contributed by atoms with E-state index in [2.05, 4.69) is 21.7 Å².